The maximum absolute atomic E-state index is 14.6. The number of likely N-dealkylation sites (tertiary alicyclic amines) is 1. The number of fused-ring (bicyclic) bond motifs is 2. The fourth-order valence-electron chi connectivity index (χ4n) is 7.17. The highest BCUT2D eigenvalue weighted by Crippen LogP contribution is 2.39. The van der Waals surface area contributed by atoms with Gasteiger partial charge in [0.2, 0.25) is 0 Å². The van der Waals surface area contributed by atoms with Crippen molar-refractivity contribution in [2.45, 2.75) is 83.2 Å². The number of anilines is 2. The van der Waals surface area contributed by atoms with Crippen LogP contribution in [0.3, 0.4) is 0 Å². The van der Waals surface area contributed by atoms with Crippen molar-refractivity contribution in [1.82, 2.24) is 19.8 Å². The van der Waals surface area contributed by atoms with Crippen LogP contribution in [0, 0.1) is 17.1 Å². The fourth-order valence-corrected chi connectivity index (χ4v) is 7.44. The van der Waals surface area contributed by atoms with E-state index in [-0.39, 0.29) is 23.6 Å². The van der Waals surface area contributed by atoms with Crippen LogP contribution in [0.25, 0.3) is 10.8 Å². The Morgan fingerprint density at radius 2 is 1.91 bits per heavy atom. The van der Waals surface area contributed by atoms with Crippen molar-refractivity contribution in [1.29, 1.82) is 5.26 Å². The summed E-state index contributed by atoms with van der Waals surface area (Å²) in [5.41, 5.74) is 2.11. The second-order valence-corrected chi connectivity index (χ2v) is 14.4. The van der Waals surface area contributed by atoms with Crippen molar-refractivity contribution in [3.63, 3.8) is 0 Å². The summed E-state index contributed by atoms with van der Waals surface area (Å²) in [6.45, 7) is 10.3. The van der Waals surface area contributed by atoms with Gasteiger partial charge in [-0.05, 0) is 77.1 Å². The van der Waals surface area contributed by atoms with Crippen LogP contribution in [0.1, 0.15) is 57.7 Å². The van der Waals surface area contributed by atoms with E-state index >= 15 is 0 Å². The van der Waals surface area contributed by atoms with E-state index < -0.39 is 17.5 Å². The Hall–Kier alpha value is -3.88. The molecule has 1 saturated carbocycles. The van der Waals surface area contributed by atoms with Gasteiger partial charge in [-0.2, -0.15) is 15.2 Å². The zero-order chi connectivity index (χ0) is 32.9. The molecule has 0 radical (unpaired) electrons. The largest absolute Gasteiger partial charge is 0.458 e. The molecule has 248 valence electrons. The van der Waals surface area contributed by atoms with Gasteiger partial charge in [0.15, 0.2) is 0 Å². The number of benzene rings is 2. The lowest BCUT2D eigenvalue weighted by molar-refractivity contribution is -0.0362. The molecule has 2 saturated heterocycles. The number of hydrogen-bond donors (Lipinski definition) is 0. The summed E-state index contributed by atoms with van der Waals surface area (Å²) >= 11 is 6.53. The highest BCUT2D eigenvalue weighted by atomic mass is 35.5. The van der Waals surface area contributed by atoms with Crippen molar-refractivity contribution in [3.8, 4) is 12.1 Å². The van der Waals surface area contributed by atoms with Crippen LogP contribution < -0.4 is 14.5 Å². The summed E-state index contributed by atoms with van der Waals surface area (Å²) in [5.74, 6) is 0.345. The molecule has 12 heteroatoms. The second kappa shape index (κ2) is 12.6. The van der Waals surface area contributed by atoms with Crippen molar-refractivity contribution >= 4 is 40.0 Å². The maximum atomic E-state index is 14.6. The second-order valence-electron chi connectivity index (χ2n) is 14.0. The molecule has 10 nitrogen and oxygen atoms in total. The Morgan fingerprint density at radius 3 is 2.62 bits per heavy atom. The molecule has 0 spiro atoms. The first kappa shape index (κ1) is 31.7. The van der Waals surface area contributed by atoms with Gasteiger partial charge in [-0.3, -0.25) is 4.90 Å². The van der Waals surface area contributed by atoms with E-state index in [1.807, 2.05) is 39.0 Å². The number of carbonyl (C=O) groups excluding carboxylic acids is 1. The Bertz CT molecular complexity index is 1720. The molecule has 4 aliphatic rings. The Balaban J connectivity index is 1.21. The van der Waals surface area contributed by atoms with Gasteiger partial charge in [-0.1, -0.05) is 29.8 Å². The lowest BCUT2D eigenvalue weighted by Gasteiger charge is -2.47. The highest BCUT2D eigenvalue weighted by molar-refractivity contribution is 6.36. The van der Waals surface area contributed by atoms with Gasteiger partial charge < -0.3 is 24.2 Å². The van der Waals surface area contributed by atoms with Crippen molar-refractivity contribution < 1.29 is 18.7 Å². The van der Waals surface area contributed by atoms with E-state index in [0.29, 0.717) is 56.6 Å². The van der Waals surface area contributed by atoms with Gasteiger partial charge >= 0.3 is 12.1 Å². The van der Waals surface area contributed by atoms with Crippen LogP contribution in [0.5, 0.6) is 6.01 Å². The van der Waals surface area contributed by atoms with Crippen LogP contribution in [-0.4, -0.2) is 88.9 Å². The zero-order valence-corrected chi connectivity index (χ0v) is 28.0. The van der Waals surface area contributed by atoms with Crippen molar-refractivity contribution in [2.24, 2.45) is 0 Å². The number of nitrogens with zero attached hydrogens (tertiary/aromatic N) is 7. The molecule has 3 atom stereocenters. The van der Waals surface area contributed by atoms with Crippen LogP contribution in [0.15, 0.2) is 30.3 Å². The molecule has 4 heterocycles. The molecule has 3 aliphatic heterocycles. The molecule has 0 bridgehead atoms. The van der Waals surface area contributed by atoms with Crippen LogP contribution in [0.2, 0.25) is 5.02 Å². The Labute approximate surface area is 280 Å². The van der Waals surface area contributed by atoms with Gasteiger partial charge in [0.05, 0.1) is 35.8 Å². The number of carbonyl (C=O) groups is 1. The fraction of sp³-hybridized carbons (Fsp3) is 0.543. The predicted octanol–water partition coefficient (Wildman–Crippen LogP) is 5.94. The summed E-state index contributed by atoms with van der Waals surface area (Å²) in [4.78, 5) is 31.6. The van der Waals surface area contributed by atoms with E-state index in [0.717, 1.165) is 54.1 Å². The quantitative estimate of drug-likeness (QED) is 0.318. The molecule has 0 N–H and O–H groups in total. The average Bonchev–Trinajstić information content (AvgIpc) is 3.01. The number of amides is 1. The van der Waals surface area contributed by atoms with Crippen LogP contribution in [0.4, 0.5) is 20.7 Å². The number of halogens is 2. The third-order valence-corrected chi connectivity index (χ3v) is 10.2. The molecular weight excluding hydrogens is 621 g/mol. The minimum absolute atomic E-state index is 0.0381. The van der Waals surface area contributed by atoms with E-state index in [4.69, 9.17) is 31.0 Å². The summed E-state index contributed by atoms with van der Waals surface area (Å²) < 4.78 is 26.8. The Morgan fingerprint density at radius 1 is 1.09 bits per heavy atom. The van der Waals surface area contributed by atoms with E-state index in [1.165, 1.54) is 12.5 Å². The molecule has 7 rings (SSSR count). The lowest BCUT2D eigenvalue weighted by Crippen LogP contribution is -2.58. The molecule has 1 aromatic heterocycles. The van der Waals surface area contributed by atoms with E-state index in [9.17, 15) is 14.4 Å². The smallest absolute Gasteiger partial charge is 0.410 e. The summed E-state index contributed by atoms with van der Waals surface area (Å²) in [7, 11) is 0. The zero-order valence-electron chi connectivity index (χ0n) is 27.2. The molecule has 3 fully saturated rings. The number of rotatable bonds is 6. The van der Waals surface area contributed by atoms with E-state index in [1.54, 1.807) is 11.0 Å². The molecule has 47 heavy (non-hydrogen) atoms. The minimum atomic E-state index is -0.634. The highest BCUT2D eigenvalue weighted by Gasteiger charge is 2.41. The third-order valence-electron chi connectivity index (χ3n) is 9.81. The first-order valence-electron chi connectivity index (χ1n) is 16.6. The van der Waals surface area contributed by atoms with Crippen molar-refractivity contribution in [2.75, 3.05) is 49.1 Å². The molecule has 3 aromatic rings. The summed E-state index contributed by atoms with van der Waals surface area (Å²) in [5, 5.41) is 11.4. The van der Waals surface area contributed by atoms with Crippen molar-refractivity contribution in [3.05, 3.63) is 52.4 Å². The maximum Gasteiger partial charge on any atom is 0.410 e. The average molecular weight is 662 g/mol. The third kappa shape index (κ3) is 6.25. The topological polar surface area (TPSA) is 98.1 Å². The van der Waals surface area contributed by atoms with Gasteiger partial charge in [0, 0.05) is 48.9 Å². The van der Waals surface area contributed by atoms with Gasteiger partial charge in [-0.15, -0.1) is 0 Å². The number of piperazine rings is 1. The molecule has 2 aromatic carbocycles. The van der Waals surface area contributed by atoms with Gasteiger partial charge in [-0.25, -0.2) is 9.18 Å². The number of hydrogen-bond acceptors (Lipinski definition) is 9. The monoisotopic (exact) mass is 661 g/mol. The molecule has 2 unspecified atom stereocenters. The van der Waals surface area contributed by atoms with Crippen LogP contribution in [-0.2, 0) is 17.7 Å². The molecule has 1 aliphatic carbocycles. The SMILES string of the molecule is CC(C)(C)OC(=O)N1CCN(c2nc(OC3CCC3N3CCC3)nc3c2CCN(c2cccc4ccc(F)c(Cl)c24)C3)C[C@@H]1CC#N. The van der Waals surface area contributed by atoms with E-state index in [2.05, 4.69) is 20.8 Å². The minimum Gasteiger partial charge on any atom is -0.458 e. The molecular formula is C35H41ClFN7O3. The van der Waals surface area contributed by atoms with Crippen LogP contribution >= 0.6 is 11.6 Å². The number of aromatic nitrogens is 2. The number of nitriles is 1. The first-order valence-corrected chi connectivity index (χ1v) is 17.0. The Kier molecular flexibility index (Phi) is 8.51. The predicted molar refractivity (Wildman–Crippen MR) is 179 cm³/mol. The first-order chi connectivity index (χ1) is 22.6. The summed E-state index contributed by atoms with van der Waals surface area (Å²) in [6, 6.07) is 11.7. The van der Waals surface area contributed by atoms with Gasteiger partial charge in [0.25, 0.3) is 0 Å². The molecule has 1 amide bonds. The van der Waals surface area contributed by atoms with Gasteiger partial charge in [0.1, 0.15) is 23.3 Å². The normalized spacial score (nSPS) is 23.1. The number of ether oxygens (including phenoxy) is 2. The summed E-state index contributed by atoms with van der Waals surface area (Å²) in [6.07, 6.45) is 3.75. The standard InChI is InChI=1S/C35H41ClFN7O3/c1-35(2,3)47-34(45)44-19-18-43(20-23(44)12-14-38)32-24-13-17-42(28-7-4-6-22-8-9-25(37)31(36)30(22)28)21-26(24)39-33(40-32)46-29-11-10-27(29)41-15-5-16-41/h4,6-9,23,27,29H,5,10-13,15-21H2,1-3H3/t23-,27?,29?/m0/s1. The lowest BCUT2D eigenvalue weighted by atomic mass is 9.86.